The van der Waals surface area contributed by atoms with Gasteiger partial charge in [0.1, 0.15) is 17.3 Å². The molecule has 2 N–H and O–H groups in total. The number of hydrogen-bond acceptors (Lipinski definition) is 8. The van der Waals surface area contributed by atoms with Crippen molar-refractivity contribution in [2.45, 2.75) is 41.2 Å². The summed E-state index contributed by atoms with van der Waals surface area (Å²) in [4.78, 5) is 12.1. The van der Waals surface area contributed by atoms with Crippen LogP contribution < -0.4 is 10.2 Å². The molecule has 0 bridgehead atoms. The SMILES string of the molecule is Cc1cc(Nc2cc(N3CC(F)(C4CC4)C3)nc(Sc3ccc(CS(C)(=O)=O)cc3)n2)n[nH]1.[HH]. The molecule has 0 amide bonds. The number of benzene rings is 1. The van der Waals surface area contributed by atoms with Gasteiger partial charge in [0.2, 0.25) is 0 Å². The first-order valence-corrected chi connectivity index (χ1v) is 13.6. The molecule has 1 aromatic carbocycles. The number of hydrogen-bond donors (Lipinski definition) is 2. The minimum absolute atomic E-state index is 0. The predicted molar refractivity (Wildman–Crippen MR) is 129 cm³/mol. The summed E-state index contributed by atoms with van der Waals surface area (Å²) < 4.78 is 38.0. The Morgan fingerprint density at radius 3 is 2.55 bits per heavy atom. The minimum Gasteiger partial charge on any atom is -0.350 e. The quantitative estimate of drug-likeness (QED) is 0.454. The lowest BCUT2D eigenvalue weighted by Gasteiger charge is -2.45. The fourth-order valence-electron chi connectivity index (χ4n) is 3.97. The minimum atomic E-state index is -3.09. The summed E-state index contributed by atoms with van der Waals surface area (Å²) in [6.45, 7) is 2.61. The van der Waals surface area contributed by atoms with Crippen molar-refractivity contribution in [1.82, 2.24) is 20.2 Å². The maximum atomic E-state index is 14.9. The van der Waals surface area contributed by atoms with Crippen LogP contribution in [0.25, 0.3) is 0 Å². The second-order valence-corrected chi connectivity index (χ2v) is 12.1. The summed E-state index contributed by atoms with van der Waals surface area (Å²) >= 11 is 1.37. The Morgan fingerprint density at radius 1 is 1.21 bits per heavy atom. The third-order valence-corrected chi connectivity index (χ3v) is 7.49. The highest BCUT2D eigenvalue weighted by Crippen LogP contribution is 2.48. The molecule has 2 aromatic heterocycles. The van der Waals surface area contributed by atoms with Crippen molar-refractivity contribution in [2.75, 3.05) is 29.6 Å². The Morgan fingerprint density at radius 2 is 1.94 bits per heavy atom. The summed E-state index contributed by atoms with van der Waals surface area (Å²) in [5.74, 6) is 2.07. The number of anilines is 3. The van der Waals surface area contributed by atoms with E-state index in [4.69, 9.17) is 0 Å². The second kappa shape index (κ2) is 8.28. The number of sulfone groups is 1. The van der Waals surface area contributed by atoms with Crippen molar-refractivity contribution in [3.05, 3.63) is 47.7 Å². The number of aryl methyl sites for hydroxylation is 1. The van der Waals surface area contributed by atoms with E-state index >= 15 is 0 Å². The monoisotopic (exact) mass is 490 g/mol. The number of aromatic nitrogens is 4. The summed E-state index contributed by atoms with van der Waals surface area (Å²) in [5, 5.41) is 10.8. The van der Waals surface area contributed by atoms with E-state index in [0.29, 0.717) is 35.7 Å². The van der Waals surface area contributed by atoms with Gasteiger partial charge >= 0.3 is 0 Å². The largest absolute Gasteiger partial charge is 0.350 e. The molecule has 5 rings (SSSR count). The fraction of sp³-hybridized carbons (Fsp3) is 0.409. The van der Waals surface area contributed by atoms with Crippen LogP contribution in [-0.2, 0) is 15.6 Å². The van der Waals surface area contributed by atoms with Gasteiger partial charge in [-0.05, 0) is 55.1 Å². The first-order valence-electron chi connectivity index (χ1n) is 10.7. The van der Waals surface area contributed by atoms with E-state index in [2.05, 4.69) is 25.5 Å². The normalized spacial score (nSPS) is 17.6. The van der Waals surface area contributed by atoms with Crippen LogP contribution in [0.15, 0.2) is 46.5 Å². The number of halogens is 1. The van der Waals surface area contributed by atoms with Gasteiger partial charge < -0.3 is 10.2 Å². The van der Waals surface area contributed by atoms with Gasteiger partial charge in [-0.2, -0.15) is 5.10 Å². The molecule has 8 nitrogen and oxygen atoms in total. The maximum Gasteiger partial charge on any atom is 0.196 e. The number of nitrogens with one attached hydrogen (secondary N) is 2. The third kappa shape index (κ3) is 5.30. The molecule has 33 heavy (non-hydrogen) atoms. The van der Waals surface area contributed by atoms with Crippen LogP contribution in [0.2, 0.25) is 0 Å². The van der Waals surface area contributed by atoms with E-state index in [-0.39, 0.29) is 13.1 Å². The average Bonchev–Trinajstić information content (AvgIpc) is 3.49. The molecule has 0 atom stereocenters. The molecule has 0 radical (unpaired) electrons. The van der Waals surface area contributed by atoms with Crippen LogP contribution in [0.3, 0.4) is 0 Å². The topological polar surface area (TPSA) is 104 Å². The van der Waals surface area contributed by atoms with Gasteiger partial charge in [-0.25, -0.2) is 22.8 Å². The molecule has 11 heteroatoms. The Balaban J connectivity index is 0.00000274. The van der Waals surface area contributed by atoms with Crippen molar-refractivity contribution < 1.29 is 14.2 Å². The van der Waals surface area contributed by atoms with E-state index in [1.165, 1.54) is 18.0 Å². The molecule has 2 fully saturated rings. The van der Waals surface area contributed by atoms with E-state index in [9.17, 15) is 12.8 Å². The van der Waals surface area contributed by atoms with Gasteiger partial charge in [-0.1, -0.05) is 12.1 Å². The van der Waals surface area contributed by atoms with Crippen LogP contribution in [0.5, 0.6) is 0 Å². The number of H-pyrrole nitrogens is 1. The van der Waals surface area contributed by atoms with Crippen molar-refractivity contribution in [2.24, 2.45) is 5.92 Å². The Labute approximate surface area is 197 Å². The van der Waals surface area contributed by atoms with Crippen LogP contribution in [0, 0.1) is 12.8 Å². The van der Waals surface area contributed by atoms with Gasteiger partial charge in [0.25, 0.3) is 0 Å². The van der Waals surface area contributed by atoms with Crippen molar-refractivity contribution in [3.63, 3.8) is 0 Å². The van der Waals surface area contributed by atoms with Gasteiger partial charge in [-0.3, -0.25) is 5.10 Å². The third-order valence-electron chi connectivity index (χ3n) is 5.76. The van der Waals surface area contributed by atoms with E-state index in [1.54, 1.807) is 12.1 Å². The fourth-order valence-corrected chi connectivity index (χ4v) is 5.53. The average molecular weight is 491 g/mol. The first-order chi connectivity index (χ1) is 15.6. The first kappa shape index (κ1) is 22.1. The van der Waals surface area contributed by atoms with Gasteiger partial charge in [0.15, 0.2) is 20.8 Å². The zero-order valence-electron chi connectivity index (χ0n) is 18.4. The second-order valence-electron chi connectivity index (χ2n) is 8.94. The summed E-state index contributed by atoms with van der Waals surface area (Å²) in [6, 6.07) is 11.0. The highest BCUT2D eigenvalue weighted by Gasteiger charge is 2.54. The molecule has 3 aromatic rings. The lowest BCUT2D eigenvalue weighted by Crippen LogP contribution is -2.60. The van der Waals surface area contributed by atoms with Crippen LogP contribution in [0.4, 0.5) is 21.8 Å². The molecule has 1 aliphatic heterocycles. The lowest BCUT2D eigenvalue weighted by molar-refractivity contribution is 0.0924. The van der Waals surface area contributed by atoms with Crippen molar-refractivity contribution in [1.29, 1.82) is 0 Å². The summed E-state index contributed by atoms with van der Waals surface area (Å²) in [5.41, 5.74) is 0.540. The number of rotatable bonds is 8. The Kier molecular flexibility index (Phi) is 5.56. The van der Waals surface area contributed by atoms with Gasteiger partial charge in [-0.15, -0.1) is 0 Å². The smallest absolute Gasteiger partial charge is 0.196 e. The van der Waals surface area contributed by atoms with Crippen LogP contribution in [0.1, 0.15) is 25.5 Å². The summed E-state index contributed by atoms with van der Waals surface area (Å²) in [7, 11) is -3.09. The molecule has 1 saturated carbocycles. The van der Waals surface area contributed by atoms with Crippen molar-refractivity contribution >= 4 is 39.1 Å². The molecule has 1 aliphatic carbocycles. The van der Waals surface area contributed by atoms with Crippen LogP contribution >= 0.6 is 11.8 Å². The van der Waals surface area contributed by atoms with Crippen LogP contribution in [-0.4, -0.2) is 53.6 Å². The molecule has 0 spiro atoms. The van der Waals surface area contributed by atoms with E-state index < -0.39 is 15.5 Å². The molecular weight excluding hydrogens is 463 g/mol. The van der Waals surface area contributed by atoms with E-state index in [0.717, 1.165) is 29.0 Å². The zero-order chi connectivity index (χ0) is 23.2. The number of nitrogens with zero attached hydrogens (tertiary/aromatic N) is 4. The molecule has 2 aliphatic rings. The standard InChI is InChI=1S/C22H25FN6O2S2.H2/c1-14-9-19(28-27-14)24-18-10-20(29-12-22(23,13-29)16-5-6-16)26-21(25-18)32-17-7-3-15(4-8-17)11-33(2,30)31;/h3-4,7-10,16H,5-6,11-13H2,1-2H3,(H2,24,25,26,27,28);1H. The molecule has 3 heterocycles. The molecule has 176 valence electrons. The Hall–Kier alpha value is -2.66. The highest BCUT2D eigenvalue weighted by atomic mass is 32.2. The number of alkyl halides is 1. The summed E-state index contributed by atoms with van der Waals surface area (Å²) in [6.07, 6.45) is 3.15. The van der Waals surface area contributed by atoms with E-state index in [1.807, 2.05) is 36.1 Å². The van der Waals surface area contributed by atoms with Crippen molar-refractivity contribution in [3.8, 4) is 0 Å². The molecular formula is C22H27FN6O2S2. The van der Waals surface area contributed by atoms with Gasteiger partial charge in [0, 0.05) is 30.4 Å². The Bertz CT molecular complexity index is 1270. The number of aromatic amines is 1. The maximum absolute atomic E-state index is 14.9. The molecule has 0 unspecified atom stereocenters. The van der Waals surface area contributed by atoms with Gasteiger partial charge in [0.05, 0.1) is 18.8 Å². The predicted octanol–water partition coefficient (Wildman–Crippen LogP) is 4.13. The lowest BCUT2D eigenvalue weighted by atomic mass is 9.91. The highest BCUT2D eigenvalue weighted by molar-refractivity contribution is 7.99. The molecule has 1 saturated heterocycles. The zero-order valence-corrected chi connectivity index (χ0v) is 20.0.